The first-order valence-electron chi connectivity index (χ1n) is 16.9. The summed E-state index contributed by atoms with van der Waals surface area (Å²) in [6.07, 6.45) is 3.91. The lowest BCUT2D eigenvalue weighted by atomic mass is 9.98. The van der Waals surface area contributed by atoms with E-state index in [9.17, 15) is 10.5 Å². The van der Waals surface area contributed by atoms with Crippen molar-refractivity contribution in [1.29, 1.82) is 10.5 Å². The van der Waals surface area contributed by atoms with Crippen LogP contribution in [0, 0.1) is 22.7 Å². The van der Waals surface area contributed by atoms with Gasteiger partial charge in [-0.2, -0.15) is 10.5 Å². The Kier molecular flexibility index (Phi) is 11.7. The molecule has 4 N–H and O–H groups in total. The molecule has 51 heavy (non-hydrogen) atoms. The molecular formula is C46H38N4S. The Morgan fingerprint density at radius 3 is 1.22 bits per heavy atom. The van der Waals surface area contributed by atoms with Crippen LogP contribution in [0.3, 0.4) is 0 Å². The molecule has 4 nitrogen and oxygen atoms in total. The van der Waals surface area contributed by atoms with E-state index in [1.165, 1.54) is 11.1 Å². The highest BCUT2D eigenvalue weighted by molar-refractivity contribution is 8.00. The molecule has 0 saturated carbocycles. The summed E-state index contributed by atoms with van der Waals surface area (Å²) >= 11 is 1.87. The van der Waals surface area contributed by atoms with Gasteiger partial charge in [-0.05, 0) is 67.8 Å². The van der Waals surface area contributed by atoms with Crippen LogP contribution < -0.4 is 11.5 Å². The molecule has 0 aromatic heterocycles. The van der Waals surface area contributed by atoms with E-state index in [2.05, 4.69) is 97.1 Å². The van der Waals surface area contributed by atoms with Crippen molar-refractivity contribution in [3.8, 4) is 12.1 Å². The highest BCUT2D eigenvalue weighted by Gasteiger charge is 2.24. The van der Waals surface area contributed by atoms with Crippen LogP contribution in [-0.4, -0.2) is 0 Å². The molecule has 2 unspecified atom stereocenters. The van der Waals surface area contributed by atoms with Crippen LogP contribution in [-0.2, 0) is 13.1 Å². The third-order valence-electron chi connectivity index (χ3n) is 8.77. The first-order chi connectivity index (χ1) is 25.1. The lowest BCUT2D eigenvalue weighted by Crippen LogP contribution is -2.04. The summed E-state index contributed by atoms with van der Waals surface area (Å²) < 4.78 is 0. The Bertz CT molecular complexity index is 2050. The Morgan fingerprint density at radius 2 is 0.863 bits per heavy atom. The van der Waals surface area contributed by atoms with Crippen molar-refractivity contribution in [3.63, 3.8) is 0 Å². The second kappa shape index (κ2) is 17.1. The molecule has 0 spiro atoms. The zero-order chi connectivity index (χ0) is 35.4. The third-order valence-corrected chi connectivity index (χ3v) is 10.4. The van der Waals surface area contributed by atoms with E-state index in [1.54, 1.807) is 0 Å². The molecule has 5 heteroatoms. The minimum atomic E-state index is -0.0194. The van der Waals surface area contributed by atoms with Gasteiger partial charge in [-0.25, -0.2) is 0 Å². The van der Waals surface area contributed by atoms with Gasteiger partial charge in [0.15, 0.2) is 0 Å². The topological polar surface area (TPSA) is 99.6 Å². The Balaban J connectivity index is 1.39. The molecule has 6 aromatic carbocycles. The van der Waals surface area contributed by atoms with E-state index < -0.39 is 0 Å². The highest BCUT2D eigenvalue weighted by atomic mass is 32.2. The van der Waals surface area contributed by atoms with E-state index >= 15 is 0 Å². The number of benzene rings is 6. The SMILES string of the molecule is N#CC(=Cc1cccc(C(SC(c2ccccc2)c2cccc(C=C(C#N)c3ccc(CN)cc3)c2)c2ccccc2)c1)c1ccc(CN)cc1. The Labute approximate surface area is 305 Å². The number of hydrogen-bond donors (Lipinski definition) is 2. The van der Waals surface area contributed by atoms with Crippen LogP contribution in [0.4, 0.5) is 0 Å². The second-order valence-electron chi connectivity index (χ2n) is 12.2. The fourth-order valence-corrected chi connectivity index (χ4v) is 7.56. The van der Waals surface area contributed by atoms with Gasteiger partial charge in [-0.15, -0.1) is 11.8 Å². The molecule has 248 valence electrons. The van der Waals surface area contributed by atoms with Gasteiger partial charge in [0.05, 0.1) is 33.8 Å². The first kappa shape index (κ1) is 34.9. The molecule has 0 bridgehead atoms. The van der Waals surface area contributed by atoms with Crippen LogP contribution in [0.25, 0.3) is 23.3 Å². The molecule has 0 saturated heterocycles. The van der Waals surface area contributed by atoms with Crippen molar-refractivity contribution in [3.05, 3.63) is 213 Å². The second-order valence-corrected chi connectivity index (χ2v) is 13.4. The number of allylic oxidation sites excluding steroid dienone is 2. The Hall–Kier alpha value is -5.95. The molecule has 0 aliphatic carbocycles. The number of thioether (sulfide) groups is 1. The van der Waals surface area contributed by atoms with Crippen molar-refractivity contribution in [1.82, 2.24) is 0 Å². The number of rotatable bonds is 12. The molecule has 6 rings (SSSR count). The summed E-state index contributed by atoms with van der Waals surface area (Å²) in [5, 5.41) is 20.2. The summed E-state index contributed by atoms with van der Waals surface area (Å²) in [5.74, 6) is 0. The van der Waals surface area contributed by atoms with E-state index in [0.717, 1.165) is 44.5 Å². The monoisotopic (exact) mass is 678 g/mol. The normalized spacial score (nSPS) is 12.8. The number of hydrogen-bond acceptors (Lipinski definition) is 5. The summed E-state index contributed by atoms with van der Waals surface area (Å²) in [7, 11) is 0. The lowest BCUT2D eigenvalue weighted by Gasteiger charge is -2.26. The van der Waals surface area contributed by atoms with Crippen LogP contribution in [0.15, 0.2) is 158 Å². The van der Waals surface area contributed by atoms with Gasteiger partial charge in [0.25, 0.3) is 0 Å². The predicted molar refractivity (Wildman–Crippen MR) is 213 cm³/mol. The van der Waals surface area contributed by atoms with Gasteiger partial charge in [0.1, 0.15) is 0 Å². The lowest BCUT2D eigenvalue weighted by molar-refractivity contribution is 1.07. The number of nitrogens with zero attached hydrogens (tertiary/aromatic N) is 2. The zero-order valence-electron chi connectivity index (χ0n) is 28.2. The standard InChI is InChI=1S/C46H38N4S/c47-29-33-17-21-37(22-18-33)43(31-49)27-35-9-7-15-41(25-35)45(39-11-3-1-4-12-39)51-46(40-13-5-2-6-14-40)42-16-8-10-36(26-42)28-44(32-50)38-23-19-34(30-48)20-24-38/h1-28,45-46H,29-30,47-48H2. The van der Waals surface area contributed by atoms with Crippen molar-refractivity contribution in [2.75, 3.05) is 0 Å². The van der Waals surface area contributed by atoms with Crippen molar-refractivity contribution in [2.45, 2.75) is 23.6 Å². The first-order valence-corrected chi connectivity index (χ1v) is 17.8. The molecule has 0 heterocycles. The molecule has 0 aliphatic heterocycles. The molecule has 0 fully saturated rings. The number of nitrogens with two attached hydrogens (primary N) is 2. The van der Waals surface area contributed by atoms with Crippen LogP contribution in [0.1, 0.15) is 66.1 Å². The molecule has 0 amide bonds. The summed E-state index contributed by atoms with van der Waals surface area (Å²) in [6.45, 7) is 0.921. The zero-order valence-corrected chi connectivity index (χ0v) is 29.0. The van der Waals surface area contributed by atoms with Gasteiger partial charge >= 0.3 is 0 Å². The molecule has 2 atom stereocenters. The minimum absolute atomic E-state index is 0.0194. The van der Waals surface area contributed by atoms with Gasteiger partial charge in [0.2, 0.25) is 0 Å². The largest absolute Gasteiger partial charge is 0.326 e. The van der Waals surface area contributed by atoms with Crippen LogP contribution in [0.5, 0.6) is 0 Å². The summed E-state index contributed by atoms with van der Waals surface area (Å²) in [6, 6.07) is 58.5. The molecule has 0 radical (unpaired) electrons. The van der Waals surface area contributed by atoms with Crippen molar-refractivity contribution < 1.29 is 0 Å². The maximum absolute atomic E-state index is 10.1. The number of nitriles is 2. The molecule has 6 aromatic rings. The maximum Gasteiger partial charge on any atom is 0.0998 e. The summed E-state index contributed by atoms with van der Waals surface area (Å²) in [5.41, 5.74) is 23.1. The maximum atomic E-state index is 10.1. The smallest absolute Gasteiger partial charge is 0.0998 e. The van der Waals surface area contributed by atoms with Gasteiger partial charge < -0.3 is 11.5 Å². The minimum Gasteiger partial charge on any atom is -0.326 e. The van der Waals surface area contributed by atoms with Gasteiger partial charge in [-0.3, -0.25) is 0 Å². The van der Waals surface area contributed by atoms with E-state index in [-0.39, 0.29) is 10.5 Å². The fraction of sp³-hybridized carbons (Fsp3) is 0.0870. The fourth-order valence-electron chi connectivity index (χ4n) is 6.05. The predicted octanol–water partition coefficient (Wildman–Crippen LogP) is 10.3. The highest BCUT2D eigenvalue weighted by Crippen LogP contribution is 2.48. The van der Waals surface area contributed by atoms with E-state index in [0.29, 0.717) is 24.2 Å². The van der Waals surface area contributed by atoms with Crippen LogP contribution >= 0.6 is 11.8 Å². The van der Waals surface area contributed by atoms with Crippen LogP contribution in [0.2, 0.25) is 0 Å². The van der Waals surface area contributed by atoms with E-state index in [4.69, 9.17) is 11.5 Å². The average Bonchev–Trinajstić information content (AvgIpc) is 3.20. The van der Waals surface area contributed by atoms with Gasteiger partial charge in [0, 0.05) is 13.1 Å². The van der Waals surface area contributed by atoms with Gasteiger partial charge in [-0.1, -0.05) is 158 Å². The van der Waals surface area contributed by atoms with Crippen molar-refractivity contribution >= 4 is 35.1 Å². The van der Waals surface area contributed by atoms with Crippen molar-refractivity contribution in [2.24, 2.45) is 11.5 Å². The summed E-state index contributed by atoms with van der Waals surface area (Å²) in [4.78, 5) is 0. The van der Waals surface area contributed by atoms with E-state index in [1.807, 2.05) is 96.7 Å². The quantitative estimate of drug-likeness (QED) is 0.0991. The molecular weight excluding hydrogens is 641 g/mol. The average molecular weight is 679 g/mol. The Morgan fingerprint density at radius 1 is 0.490 bits per heavy atom. The molecule has 0 aliphatic rings. The third kappa shape index (κ3) is 8.81.